The molecule has 0 aliphatic heterocycles. The van der Waals surface area contributed by atoms with Gasteiger partial charge in [0.25, 0.3) is 11.6 Å². The van der Waals surface area contributed by atoms with Gasteiger partial charge in [0.1, 0.15) is 16.7 Å². The van der Waals surface area contributed by atoms with Gasteiger partial charge in [-0.05, 0) is 65.4 Å². The van der Waals surface area contributed by atoms with E-state index in [2.05, 4.69) is 27.9 Å². The number of nitriles is 1. The Balaban J connectivity index is 2.34. The van der Waals surface area contributed by atoms with Crippen LogP contribution in [0.4, 0.5) is 11.4 Å². The Kier molecular flexibility index (Phi) is 7.81. The smallest absolute Gasteiger partial charge is 0.289 e. The van der Waals surface area contributed by atoms with Crippen molar-refractivity contribution in [3.05, 3.63) is 60.2 Å². The zero-order chi connectivity index (χ0) is 21.6. The summed E-state index contributed by atoms with van der Waals surface area (Å²) in [7, 11) is 1.49. The number of carbonyl (C=O) groups excluding carboxylic acids is 1. The molecule has 2 rings (SSSR count). The van der Waals surface area contributed by atoms with Crippen LogP contribution >= 0.6 is 34.2 Å². The molecule has 0 spiro atoms. The maximum absolute atomic E-state index is 12.5. The van der Waals surface area contributed by atoms with Crippen molar-refractivity contribution in [3.8, 4) is 17.6 Å². The number of carbonyl (C=O) groups is 1. The molecule has 0 aliphatic carbocycles. The summed E-state index contributed by atoms with van der Waals surface area (Å²) in [5.41, 5.74) is 0.164. The second-order valence-electron chi connectivity index (χ2n) is 5.51. The van der Waals surface area contributed by atoms with E-state index in [-0.39, 0.29) is 22.0 Å². The first-order chi connectivity index (χ1) is 13.8. The number of nitrogens with zero attached hydrogens (tertiary/aromatic N) is 2. The van der Waals surface area contributed by atoms with E-state index in [0.29, 0.717) is 23.7 Å². The van der Waals surface area contributed by atoms with E-state index in [1.165, 1.54) is 25.3 Å². The van der Waals surface area contributed by atoms with Crippen molar-refractivity contribution in [2.75, 3.05) is 19.0 Å². The highest BCUT2D eigenvalue weighted by atomic mass is 127. The van der Waals surface area contributed by atoms with Crippen LogP contribution in [0.3, 0.4) is 0 Å². The number of ether oxygens (including phenoxy) is 2. The zero-order valence-electron chi connectivity index (χ0n) is 15.4. The molecule has 2 aromatic rings. The first-order valence-electron chi connectivity index (χ1n) is 8.18. The molecule has 0 fully saturated rings. The van der Waals surface area contributed by atoms with Crippen molar-refractivity contribution >= 4 is 57.5 Å². The topological polar surface area (TPSA) is 114 Å². The van der Waals surface area contributed by atoms with Crippen LogP contribution in [0.25, 0.3) is 6.08 Å². The van der Waals surface area contributed by atoms with Gasteiger partial charge >= 0.3 is 0 Å². The van der Waals surface area contributed by atoms with Crippen molar-refractivity contribution < 1.29 is 19.2 Å². The molecule has 0 radical (unpaired) electrons. The predicted octanol–water partition coefficient (Wildman–Crippen LogP) is 4.81. The molecular formula is C19H15ClIN3O5. The van der Waals surface area contributed by atoms with E-state index in [4.69, 9.17) is 21.1 Å². The molecule has 2 aromatic carbocycles. The van der Waals surface area contributed by atoms with E-state index >= 15 is 0 Å². The van der Waals surface area contributed by atoms with Crippen molar-refractivity contribution in [1.82, 2.24) is 0 Å². The number of nitrogens with one attached hydrogen (secondary N) is 1. The molecule has 0 aliphatic rings. The summed E-state index contributed by atoms with van der Waals surface area (Å²) in [5, 5.41) is 22.8. The van der Waals surface area contributed by atoms with Crippen LogP contribution in [-0.4, -0.2) is 24.5 Å². The third-order valence-corrected chi connectivity index (χ3v) is 4.74. The lowest BCUT2D eigenvalue weighted by Crippen LogP contribution is -2.13. The number of rotatable bonds is 7. The van der Waals surface area contributed by atoms with Crippen LogP contribution in [-0.2, 0) is 4.79 Å². The van der Waals surface area contributed by atoms with Gasteiger partial charge in [0.2, 0.25) is 0 Å². The summed E-state index contributed by atoms with van der Waals surface area (Å²) >= 11 is 7.83. The molecule has 1 N–H and O–H groups in total. The van der Waals surface area contributed by atoms with Gasteiger partial charge in [-0.2, -0.15) is 5.26 Å². The fourth-order valence-electron chi connectivity index (χ4n) is 2.35. The largest absolute Gasteiger partial charge is 0.493 e. The normalized spacial score (nSPS) is 10.8. The number of nitro benzene ring substituents is 1. The van der Waals surface area contributed by atoms with Gasteiger partial charge in [-0.1, -0.05) is 11.6 Å². The molecule has 29 heavy (non-hydrogen) atoms. The van der Waals surface area contributed by atoms with Crippen molar-refractivity contribution in [2.45, 2.75) is 6.92 Å². The Morgan fingerprint density at radius 3 is 2.72 bits per heavy atom. The van der Waals surface area contributed by atoms with Crippen molar-refractivity contribution in [3.63, 3.8) is 0 Å². The second-order valence-corrected chi connectivity index (χ2v) is 7.08. The number of methoxy groups -OCH3 is 1. The Labute approximate surface area is 185 Å². The summed E-state index contributed by atoms with van der Waals surface area (Å²) in [6.07, 6.45) is 1.39. The molecule has 1 amide bonds. The van der Waals surface area contributed by atoms with Gasteiger partial charge in [0.15, 0.2) is 11.5 Å². The maximum atomic E-state index is 12.5. The first-order valence-corrected chi connectivity index (χ1v) is 9.63. The number of anilines is 1. The quantitative estimate of drug-likeness (QED) is 0.182. The van der Waals surface area contributed by atoms with Gasteiger partial charge in [0, 0.05) is 11.8 Å². The molecule has 10 heteroatoms. The van der Waals surface area contributed by atoms with E-state index in [0.717, 1.165) is 9.64 Å². The van der Waals surface area contributed by atoms with Crippen LogP contribution in [0.2, 0.25) is 5.02 Å². The van der Waals surface area contributed by atoms with Gasteiger partial charge in [-0.25, -0.2) is 0 Å². The van der Waals surface area contributed by atoms with Gasteiger partial charge in [-0.3, -0.25) is 14.9 Å². The SMILES string of the molecule is CCOc1c(I)cc(/C=C(\C#N)C(=O)Nc2ccc(Cl)c([N+](=O)[O-])c2)cc1OC. The summed E-state index contributed by atoms with van der Waals surface area (Å²) < 4.78 is 11.6. The number of amides is 1. The predicted molar refractivity (Wildman–Crippen MR) is 117 cm³/mol. The highest BCUT2D eigenvalue weighted by Gasteiger charge is 2.17. The second kappa shape index (κ2) is 10.1. The average molecular weight is 528 g/mol. The maximum Gasteiger partial charge on any atom is 0.289 e. The third kappa shape index (κ3) is 5.58. The molecule has 0 aromatic heterocycles. The van der Waals surface area contributed by atoms with E-state index in [1.54, 1.807) is 12.1 Å². The summed E-state index contributed by atoms with van der Waals surface area (Å²) in [6.45, 7) is 2.31. The first kappa shape index (κ1) is 22.4. The zero-order valence-corrected chi connectivity index (χ0v) is 18.3. The lowest BCUT2D eigenvalue weighted by atomic mass is 10.1. The molecule has 0 heterocycles. The van der Waals surface area contributed by atoms with Gasteiger partial charge < -0.3 is 14.8 Å². The standard InChI is InChI=1S/C19H15ClIN3O5/c1-3-29-18-15(21)7-11(8-17(18)28-2)6-12(10-22)19(25)23-13-4-5-14(20)16(9-13)24(26)27/h4-9H,3H2,1-2H3,(H,23,25)/b12-6+. The fraction of sp³-hybridized carbons (Fsp3) is 0.158. The van der Waals surface area contributed by atoms with Gasteiger partial charge in [-0.15, -0.1) is 0 Å². The highest BCUT2D eigenvalue weighted by Crippen LogP contribution is 2.34. The minimum atomic E-state index is -0.716. The average Bonchev–Trinajstić information content (AvgIpc) is 2.68. The van der Waals surface area contributed by atoms with E-state index in [9.17, 15) is 20.2 Å². The minimum absolute atomic E-state index is 0.0555. The number of hydrogen-bond acceptors (Lipinski definition) is 6. The Morgan fingerprint density at radius 1 is 1.41 bits per heavy atom. The summed E-state index contributed by atoms with van der Waals surface area (Å²) in [5.74, 6) is 0.326. The molecule has 0 saturated carbocycles. The Bertz CT molecular complexity index is 1030. The molecule has 0 unspecified atom stereocenters. The van der Waals surface area contributed by atoms with Crippen LogP contribution in [0.5, 0.6) is 11.5 Å². The van der Waals surface area contributed by atoms with Crippen LogP contribution < -0.4 is 14.8 Å². The van der Waals surface area contributed by atoms with Gasteiger partial charge in [0.05, 0.1) is 22.2 Å². The molecule has 0 atom stereocenters. The summed E-state index contributed by atoms with van der Waals surface area (Å²) in [6, 6.07) is 9.04. The Hall–Kier alpha value is -2.84. The molecule has 150 valence electrons. The van der Waals surface area contributed by atoms with Crippen LogP contribution in [0.1, 0.15) is 12.5 Å². The number of halogens is 2. The van der Waals surface area contributed by atoms with Crippen LogP contribution in [0.15, 0.2) is 35.9 Å². The third-order valence-electron chi connectivity index (χ3n) is 3.62. The number of benzene rings is 2. The fourth-order valence-corrected chi connectivity index (χ4v) is 3.32. The van der Waals surface area contributed by atoms with Crippen LogP contribution in [0, 0.1) is 25.0 Å². The lowest BCUT2D eigenvalue weighted by molar-refractivity contribution is -0.384. The molecule has 8 nitrogen and oxygen atoms in total. The summed E-state index contributed by atoms with van der Waals surface area (Å²) in [4.78, 5) is 22.8. The highest BCUT2D eigenvalue weighted by molar-refractivity contribution is 14.1. The Morgan fingerprint density at radius 2 is 2.14 bits per heavy atom. The lowest BCUT2D eigenvalue weighted by Gasteiger charge is -2.12. The number of hydrogen-bond donors (Lipinski definition) is 1. The van der Waals surface area contributed by atoms with E-state index in [1.807, 2.05) is 13.0 Å². The van der Waals surface area contributed by atoms with E-state index < -0.39 is 10.8 Å². The molecule has 0 saturated heterocycles. The monoisotopic (exact) mass is 527 g/mol. The molecule has 0 bridgehead atoms. The number of nitro groups is 1. The van der Waals surface area contributed by atoms with Crippen molar-refractivity contribution in [1.29, 1.82) is 5.26 Å². The minimum Gasteiger partial charge on any atom is -0.493 e. The van der Waals surface area contributed by atoms with Crippen molar-refractivity contribution in [2.24, 2.45) is 0 Å². The molecular weight excluding hydrogens is 513 g/mol.